The van der Waals surface area contributed by atoms with Crippen molar-refractivity contribution in [3.63, 3.8) is 0 Å². The molecule has 1 aromatic carbocycles. The third-order valence-corrected chi connectivity index (χ3v) is 4.55. The number of hydrazone groups is 1. The molecule has 1 N–H and O–H groups in total. The van der Waals surface area contributed by atoms with Gasteiger partial charge in [0.2, 0.25) is 0 Å². The minimum atomic E-state index is -0.447. The van der Waals surface area contributed by atoms with E-state index in [1.165, 1.54) is 12.3 Å². The van der Waals surface area contributed by atoms with E-state index in [-0.39, 0.29) is 6.61 Å². The molecule has 1 amide bonds. The van der Waals surface area contributed by atoms with Gasteiger partial charge in [-0.15, -0.1) is 0 Å². The summed E-state index contributed by atoms with van der Waals surface area (Å²) in [6, 6.07) is 6.43. The second kappa shape index (κ2) is 8.01. The first-order valence-electron chi connectivity index (χ1n) is 5.80. The molecule has 22 heavy (non-hydrogen) atoms. The van der Waals surface area contributed by atoms with E-state index in [2.05, 4.69) is 42.4 Å². The molecule has 0 unspecified atom stereocenters. The largest absolute Gasteiger partial charge is 0.482 e. The van der Waals surface area contributed by atoms with Gasteiger partial charge < -0.3 is 9.15 Å². The van der Waals surface area contributed by atoms with E-state index in [0.29, 0.717) is 26.2 Å². The van der Waals surface area contributed by atoms with Crippen molar-refractivity contribution in [2.45, 2.75) is 0 Å². The molecular formula is C13H8Br2Cl2N2O3. The van der Waals surface area contributed by atoms with Crippen LogP contribution in [0.1, 0.15) is 5.76 Å². The fraction of sp³-hybridized carbons (Fsp3) is 0.0769. The number of benzene rings is 1. The predicted octanol–water partition coefficient (Wildman–Crippen LogP) is 4.64. The Morgan fingerprint density at radius 1 is 1.36 bits per heavy atom. The topological polar surface area (TPSA) is 63.8 Å². The molecule has 1 aromatic heterocycles. The van der Waals surface area contributed by atoms with Crippen molar-refractivity contribution in [1.29, 1.82) is 0 Å². The Balaban J connectivity index is 1.84. The van der Waals surface area contributed by atoms with Crippen LogP contribution in [0, 0.1) is 0 Å². The van der Waals surface area contributed by atoms with Gasteiger partial charge in [-0.1, -0.05) is 23.2 Å². The summed E-state index contributed by atoms with van der Waals surface area (Å²) >= 11 is 18.2. The standard InChI is InChI=1S/C13H8Br2Cl2N2O3/c14-9-4-8(22-13(9)15)5-18-19-12(20)6-21-11-3-7(16)1-2-10(11)17/h1-5H,6H2,(H,19,20). The molecular weight excluding hydrogens is 463 g/mol. The highest BCUT2D eigenvalue weighted by Gasteiger charge is 2.07. The Hall–Kier alpha value is -1.02. The van der Waals surface area contributed by atoms with Crippen LogP contribution in [-0.4, -0.2) is 18.7 Å². The number of rotatable bonds is 5. The molecule has 9 heteroatoms. The van der Waals surface area contributed by atoms with E-state index in [0.717, 1.165) is 4.47 Å². The molecule has 1 heterocycles. The Morgan fingerprint density at radius 2 is 2.14 bits per heavy atom. The Kier molecular flexibility index (Phi) is 6.31. The lowest BCUT2D eigenvalue weighted by Crippen LogP contribution is -2.24. The zero-order chi connectivity index (χ0) is 16.1. The van der Waals surface area contributed by atoms with Crippen LogP contribution in [0.2, 0.25) is 10.0 Å². The second-order valence-electron chi connectivity index (χ2n) is 3.93. The fourth-order valence-electron chi connectivity index (χ4n) is 1.36. The van der Waals surface area contributed by atoms with E-state index < -0.39 is 5.91 Å². The summed E-state index contributed by atoms with van der Waals surface area (Å²) in [6.07, 6.45) is 1.36. The van der Waals surface area contributed by atoms with Gasteiger partial charge in [0, 0.05) is 17.2 Å². The van der Waals surface area contributed by atoms with Crippen molar-refractivity contribution in [2.75, 3.05) is 6.61 Å². The maximum atomic E-state index is 11.6. The number of nitrogens with one attached hydrogen (secondary N) is 1. The molecule has 0 bridgehead atoms. The van der Waals surface area contributed by atoms with Crippen molar-refractivity contribution in [1.82, 2.24) is 5.43 Å². The van der Waals surface area contributed by atoms with Crippen LogP contribution >= 0.6 is 55.1 Å². The molecule has 0 fully saturated rings. The molecule has 2 rings (SSSR count). The highest BCUT2D eigenvalue weighted by Crippen LogP contribution is 2.27. The first kappa shape index (κ1) is 17.3. The number of hydrogen-bond donors (Lipinski definition) is 1. The van der Waals surface area contributed by atoms with Gasteiger partial charge >= 0.3 is 0 Å². The zero-order valence-electron chi connectivity index (χ0n) is 10.8. The Bertz CT molecular complexity index is 700. The van der Waals surface area contributed by atoms with E-state index in [9.17, 15) is 4.79 Å². The van der Waals surface area contributed by atoms with Crippen molar-refractivity contribution < 1.29 is 13.9 Å². The van der Waals surface area contributed by atoms with E-state index in [4.69, 9.17) is 32.4 Å². The number of furan rings is 1. The molecule has 0 saturated heterocycles. The maximum absolute atomic E-state index is 11.6. The molecule has 0 radical (unpaired) electrons. The van der Waals surface area contributed by atoms with Crippen LogP contribution in [0.15, 0.2) is 42.9 Å². The minimum absolute atomic E-state index is 0.247. The molecule has 116 valence electrons. The summed E-state index contributed by atoms with van der Waals surface area (Å²) in [5, 5.41) is 4.58. The normalized spacial score (nSPS) is 10.9. The van der Waals surface area contributed by atoms with Crippen LogP contribution < -0.4 is 10.2 Å². The average Bonchev–Trinajstić information content (AvgIpc) is 2.78. The van der Waals surface area contributed by atoms with Gasteiger partial charge in [-0.2, -0.15) is 5.10 Å². The summed E-state index contributed by atoms with van der Waals surface area (Å²) in [5.74, 6) is 0.349. The third-order valence-electron chi connectivity index (χ3n) is 2.30. The summed E-state index contributed by atoms with van der Waals surface area (Å²) in [6.45, 7) is -0.247. The van der Waals surface area contributed by atoms with Gasteiger partial charge in [-0.25, -0.2) is 5.43 Å². The van der Waals surface area contributed by atoms with Gasteiger partial charge in [0.25, 0.3) is 5.91 Å². The minimum Gasteiger partial charge on any atom is -0.482 e. The summed E-state index contributed by atoms with van der Waals surface area (Å²) < 4.78 is 11.8. The van der Waals surface area contributed by atoms with Crippen LogP contribution in [0.3, 0.4) is 0 Å². The average molecular weight is 471 g/mol. The molecule has 2 aromatic rings. The van der Waals surface area contributed by atoms with Crippen molar-refractivity contribution >= 4 is 67.2 Å². The van der Waals surface area contributed by atoms with Gasteiger partial charge in [-0.3, -0.25) is 4.79 Å². The molecule has 5 nitrogen and oxygen atoms in total. The van der Waals surface area contributed by atoms with Crippen LogP contribution in [-0.2, 0) is 4.79 Å². The SMILES string of the molecule is O=C(COc1cc(Cl)ccc1Cl)NN=Cc1cc(Br)c(Br)o1. The lowest BCUT2D eigenvalue weighted by Gasteiger charge is -2.07. The number of amides is 1. The number of nitrogens with zero attached hydrogens (tertiary/aromatic N) is 1. The van der Waals surface area contributed by atoms with E-state index in [1.807, 2.05) is 0 Å². The van der Waals surface area contributed by atoms with Crippen molar-refractivity contribution in [3.05, 3.63) is 49.2 Å². The van der Waals surface area contributed by atoms with E-state index in [1.54, 1.807) is 18.2 Å². The first-order chi connectivity index (χ1) is 10.5. The monoisotopic (exact) mass is 468 g/mol. The number of carbonyl (C=O) groups excluding carboxylic acids is 1. The lowest BCUT2D eigenvalue weighted by molar-refractivity contribution is -0.123. The molecule has 0 atom stereocenters. The molecule has 0 saturated carbocycles. The Labute approximate surface area is 152 Å². The van der Waals surface area contributed by atoms with Crippen molar-refractivity contribution in [2.24, 2.45) is 5.10 Å². The van der Waals surface area contributed by atoms with Crippen LogP contribution in [0.5, 0.6) is 5.75 Å². The smallest absolute Gasteiger partial charge is 0.277 e. The highest BCUT2D eigenvalue weighted by molar-refractivity contribution is 9.13. The molecule has 0 spiro atoms. The second-order valence-corrected chi connectivity index (χ2v) is 6.35. The number of halogens is 4. The van der Waals surface area contributed by atoms with Crippen molar-refractivity contribution in [3.8, 4) is 5.75 Å². The number of ether oxygens (including phenoxy) is 1. The lowest BCUT2D eigenvalue weighted by atomic mass is 10.3. The fourth-order valence-corrected chi connectivity index (χ4v) is 2.30. The summed E-state index contributed by atoms with van der Waals surface area (Å²) in [7, 11) is 0. The zero-order valence-corrected chi connectivity index (χ0v) is 15.5. The van der Waals surface area contributed by atoms with Crippen LogP contribution in [0.25, 0.3) is 0 Å². The first-order valence-corrected chi connectivity index (χ1v) is 8.14. The van der Waals surface area contributed by atoms with Crippen LogP contribution in [0.4, 0.5) is 0 Å². The quantitative estimate of drug-likeness (QED) is 0.511. The summed E-state index contributed by atoms with van der Waals surface area (Å²) in [4.78, 5) is 11.6. The van der Waals surface area contributed by atoms with Gasteiger partial charge in [0.05, 0.1) is 15.7 Å². The van der Waals surface area contributed by atoms with Gasteiger partial charge in [0.15, 0.2) is 11.3 Å². The molecule has 0 aliphatic rings. The highest BCUT2D eigenvalue weighted by atomic mass is 79.9. The number of hydrogen-bond acceptors (Lipinski definition) is 4. The number of carbonyl (C=O) groups is 1. The van der Waals surface area contributed by atoms with Gasteiger partial charge in [-0.05, 0) is 44.0 Å². The van der Waals surface area contributed by atoms with Gasteiger partial charge in [0.1, 0.15) is 11.5 Å². The Morgan fingerprint density at radius 3 is 2.82 bits per heavy atom. The maximum Gasteiger partial charge on any atom is 0.277 e. The molecule has 0 aliphatic heterocycles. The summed E-state index contributed by atoms with van der Waals surface area (Å²) in [5.41, 5.74) is 2.30. The third kappa shape index (κ3) is 5.01. The predicted molar refractivity (Wildman–Crippen MR) is 91.8 cm³/mol. The van der Waals surface area contributed by atoms with E-state index >= 15 is 0 Å². The molecule has 0 aliphatic carbocycles.